The van der Waals surface area contributed by atoms with Gasteiger partial charge in [-0.1, -0.05) is 30.3 Å². The lowest BCUT2D eigenvalue weighted by atomic mass is 10.2. The van der Waals surface area contributed by atoms with E-state index in [0.29, 0.717) is 12.0 Å². The van der Waals surface area contributed by atoms with E-state index in [0.717, 1.165) is 31.1 Å². The molecule has 6 heteroatoms. The van der Waals surface area contributed by atoms with E-state index in [2.05, 4.69) is 45.5 Å². The van der Waals surface area contributed by atoms with Gasteiger partial charge in [0.2, 0.25) is 0 Å². The molecule has 140 valence electrons. The van der Waals surface area contributed by atoms with Crippen LogP contribution in [0.5, 0.6) is 5.75 Å². The molecule has 2 aromatic rings. The van der Waals surface area contributed by atoms with Crippen LogP contribution in [0.4, 0.5) is 5.69 Å². The van der Waals surface area contributed by atoms with Gasteiger partial charge in [-0.3, -0.25) is 9.89 Å². The smallest absolute Gasteiger partial charge is 0.193 e. The van der Waals surface area contributed by atoms with Crippen molar-refractivity contribution in [1.29, 1.82) is 0 Å². The molecule has 5 nitrogen and oxygen atoms in total. The summed E-state index contributed by atoms with van der Waals surface area (Å²) in [7, 11) is 1.65. The molecular formula is C20H27IN4O. The van der Waals surface area contributed by atoms with Crippen molar-refractivity contribution < 1.29 is 4.74 Å². The number of anilines is 1. The molecule has 1 saturated heterocycles. The average Bonchev–Trinajstić information content (AvgIpc) is 3.08. The van der Waals surface area contributed by atoms with E-state index in [-0.39, 0.29) is 24.0 Å². The SMILES string of the molecule is COc1ccc(NC(N)=NCC2CCCN2Cc2ccccc2)cc1.I. The molecule has 1 unspecified atom stereocenters. The van der Waals surface area contributed by atoms with Crippen LogP contribution in [-0.4, -0.2) is 37.1 Å². The van der Waals surface area contributed by atoms with Crippen LogP contribution in [0, 0.1) is 0 Å². The first-order chi connectivity index (χ1) is 12.2. The molecular weight excluding hydrogens is 439 g/mol. The van der Waals surface area contributed by atoms with Crippen molar-refractivity contribution >= 4 is 35.6 Å². The summed E-state index contributed by atoms with van der Waals surface area (Å²) in [5.74, 6) is 1.28. The van der Waals surface area contributed by atoms with Crippen molar-refractivity contribution in [3.63, 3.8) is 0 Å². The largest absolute Gasteiger partial charge is 0.497 e. The molecule has 1 aliphatic rings. The van der Waals surface area contributed by atoms with Gasteiger partial charge >= 0.3 is 0 Å². The molecule has 0 bridgehead atoms. The van der Waals surface area contributed by atoms with Crippen LogP contribution in [0.1, 0.15) is 18.4 Å². The molecule has 26 heavy (non-hydrogen) atoms. The molecule has 2 aromatic carbocycles. The number of aliphatic imine (C=N–C) groups is 1. The number of nitrogens with two attached hydrogens (primary N) is 1. The molecule has 1 fully saturated rings. The maximum atomic E-state index is 6.04. The summed E-state index contributed by atoms with van der Waals surface area (Å²) in [6.07, 6.45) is 2.39. The van der Waals surface area contributed by atoms with Gasteiger partial charge in [0.15, 0.2) is 5.96 Å². The summed E-state index contributed by atoms with van der Waals surface area (Å²) in [4.78, 5) is 7.05. The van der Waals surface area contributed by atoms with E-state index in [1.165, 1.54) is 18.4 Å². The number of likely N-dealkylation sites (tertiary alicyclic amines) is 1. The van der Waals surface area contributed by atoms with Gasteiger partial charge in [0.05, 0.1) is 13.7 Å². The molecule has 3 rings (SSSR count). The Hall–Kier alpha value is -1.80. The molecule has 0 spiro atoms. The second-order valence-electron chi connectivity index (χ2n) is 6.33. The Morgan fingerprint density at radius 3 is 2.62 bits per heavy atom. The number of methoxy groups -OCH3 is 1. The first-order valence-electron chi connectivity index (χ1n) is 8.73. The third-order valence-corrected chi connectivity index (χ3v) is 4.56. The zero-order chi connectivity index (χ0) is 17.5. The Morgan fingerprint density at radius 1 is 1.19 bits per heavy atom. The molecule has 0 aliphatic carbocycles. The number of guanidine groups is 1. The van der Waals surface area contributed by atoms with Crippen LogP contribution in [0.3, 0.4) is 0 Å². The summed E-state index contributed by atoms with van der Waals surface area (Å²) < 4.78 is 5.15. The monoisotopic (exact) mass is 466 g/mol. The van der Waals surface area contributed by atoms with Crippen molar-refractivity contribution in [3.05, 3.63) is 60.2 Å². The Bertz CT molecular complexity index is 691. The van der Waals surface area contributed by atoms with E-state index in [9.17, 15) is 0 Å². The number of nitrogens with zero attached hydrogens (tertiary/aromatic N) is 2. The van der Waals surface area contributed by atoms with Gasteiger partial charge < -0.3 is 15.8 Å². The van der Waals surface area contributed by atoms with Crippen molar-refractivity contribution in [1.82, 2.24) is 4.90 Å². The summed E-state index contributed by atoms with van der Waals surface area (Å²) in [6, 6.07) is 18.7. The predicted molar refractivity (Wildman–Crippen MR) is 118 cm³/mol. The lowest BCUT2D eigenvalue weighted by Crippen LogP contribution is -2.33. The minimum atomic E-state index is 0. The zero-order valence-corrected chi connectivity index (χ0v) is 17.4. The molecule has 0 aromatic heterocycles. The summed E-state index contributed by atoms with van der Waals surface area (Å²) in [5, 5.41) is 3.14. The van der Waals surface area contributed by atoms with Crippen molar-refractivity contribution in [3.8, 4) is 5.75 Å². The average molecular weight is 466 g/mol. The summed E-state index contributed by atoms with van der Waals surface area (Å²) in [6.45, 7) is 2.83. The lowest BCUT2D eigenvalue weighted by Gasteiger charge is -2.23. The third-order valence-electron chi connectivity index (χ3n) is 4.56. The van der Waals surface area contributed by atoms with E-state index in [4.69, 9.17) is 10.5 Å². The quantitative estimate of drug-likeness (QED) is 0.387. The highest BCUT2D eigenvalue weighted by Crippen LogP contribution is 2.20. The fourth-order valence-corrected chi connectivity index (χ4v) is 3.19. The number of halogens is 1. The highest BCUT2D eigenvalue weighted by atomic mass is 127. The molecule has 1 aliphatic heterocycles. The molecule has 1 heterocycles. The van der Waals surface area contributed by atoms with Crippen molar-refractivity contribution in [2.24, 2.45) is 10.7 Å². The number of hydrogen-bond acceptors (Lipinski definition) is 3. The van der Waals surface area contributed by atoms with Crippen molar-refractivity contribution in [2.45, 2.75) is 25.4 Å². The Morgan fingerprint density at radius 2 is 1.92 bits per heavy atom. The van der Waals surface area contributed by atoms with Crippen LogP contribution in [0.25, 0.3) is 0 Å². The van der Waals surface area contributed by atoms with E-state index in [1.807, 2.05) is 24.3 Å². The van der Waals surface area contributed by atoms with Crippen LogP contribution in [0.15, 0.2) is 59.6 Å². The lowest BCUT2D eigenvalue weighted by molar-refractivity contribution is 0.250. The Balaban J connectivity index is 0.00000243. The van der Waals surface area contributed by atoms with Crippen LogP contribution in [-0.2, 0) is 6.54 Å². The van der Waals surface area contributed by atoms with Crippen LogP contribution < -0.4 is 15.8 Å². The first-order valence-corrected chi connectivity index (χ1v) is 8.73. The van der Waals surface area contributed by atoms with Crippen LogP contribution >= 0.6 is 24.0 Å². The highest BCUT2D eigenvalue weighted by Gasteiger charge is 2.24. The Kier molecular flexibility index (Phi) is 8.18. The number of rotatable bonds is 6. The molecule has 0 saturated carbocycles. The van der Waals surface area contributed by atoms with Gasteiger partial charge in [-0.2, -0.15) is 0 Å². The predicted octanol–water partition coefficient (Wildman–Crippen LogP) is 3.70. The van der Waals surface area contributed by atoms with Gasteiger partial charge in [-0.05, 0) is 49.2 Å². The zero-order valence-electron chi connectivity index (χ0n) is 15.1. The normalized spacial score (nSPS) is 17.6. The second kappa shape index (κ2) is 10.4. The van der Waals surface area contributed by atoms with E-state index >= 15 is 0 Å². The number of hydrogen-bond donors (Lipinski definition) is 2. The van der Waals surface area contributed by atoms with Crippen molar-refractivity contribution in [2.75, 3.05) is 25.5 Å². The van der Waals surface area contributed by atoms with Gasteiger partial charge in [0, 0.05) is 18.3 Å². The topological polar surface area (TPSA) is 62.9 Å². The van der Waals surface area contributed by atoms with Gasteiger partial charge in [0.1, 0.15) is 5.75 Å². The highest BCUT2D eigenvalue weighted by molar-refractivity contribution is 14.0. The summed E-state index contributed by atoms with van der Waals surface area (Å²) >= 11 is 0. The molecule has 3 N–H and O–H groups in total. The summed E-state index contributed by atoms with van der Waals surface area (Å²) in [5.41, 5.74) is 8.30. The minimum Gasteiger partial charge on any atom is -0.497 e. The van der Waals surface area contributed by atoms with Crippen LogP contribution in [0.2, 0.25) is 0 Å². The third kappa shape index (κ3) is 5.88. The molecule has 0 amide bonds. The first kappa shape index (κ1) is 20.5. The number of benzene rings is 2. The van der Waals surface area contributed by atoms with E-state index in [1.54, 1.807) is 7.11 Å². The van der Waals surface area contributed by atoms with Gasteiger partial charge in [-0.15, -0.1) is 24.0 Å². The fourth-order valence-electron chi connectivity index (χ4n) is 3.19. The molecule has 0 radical (unpaired) electrons. The number of ether oxygens (including phenoxy) is 1. The van der Waals surface area contributed by atoms with Gasteiger partial charge in [0.25, 0.3) is 0 Å². The molecule has 1 atom stereocenters. The fraction of sp³-hybridized carbons (Fsp3) is 0.350. The maximum Gasteiger partial charge on any atom is 0.193 e. The standard InChI is InChI=1S/C20H26N4O.HI/c1-25-19-11-9-17(10-12-19)23-20(21)22-14-18-8-5-13-24(18)15-16-6-3-2-4-7-16;/h2-4,6-7,9-12,18H,5,8,13-15H2,1H3,(H3,21,22,23);1H. The minimum absolute atomic E-state index is 0. The Labute approximate surface area is 172 Å². The van der Waals surface area contributed by atoms with Gasteiger partial charge in [-0.25, -0.2) is 0 Å². The maximum absolute atomic E-state index is 6.04. The number of nitrogens with one attached hydrogen (secondary N) is 1. The van der Waals surface area contributed by atoms with E-state index < -0.39 is 0 Å². The second-order valence-corrected chi connectivity index (χ2v) is 6.33.